The molecule has 5 nitrogen and oxygen atoms in total. The van der Waals surface area contributed by atoms with Gasteiger partial charge < -0.3 is 19.4 Å². The fourth-order valence-electron chi connectivity index (χ4n) is 3.59. The van der Waals surface area contributed by atoms with E-state index in [9.17, 15) is 5.11 Å². The third-order valence-corrected chi connectivity index (χ3v) is 5.11. The van der Waals surface area contributed by atoms with E-state index in [4.69, 9.17) is 14.7 Å². The summed E-state index contributed by atoms with van der Waals surface area (Å²) in [7, 11) is 0.293. The number of aromatic hydroxyl groups is 1. The van der Waals surface area contributed by atoms with E-state index in [-0.39, 0.29) is 5.75 Å². The number of hydrogen-bond donors (Lipinski definition) is 1. The molecule has 1 aliphatic rings. The predicted octanol–water partition coefficient (Wildman–Crippen LogP) is 4.90. The van der Waals surface area contributed by atoms with E-state index in [0.717, 1.165) is 34.0 Å². The Labute approximate surface area is 180 Å². The third kappa shape index (κ3) is 3.54. The van der Waals surface area contributed by atoms with Gasteiger partial charge in [-0.2, -0.15) is 5.26 Å². The molecule has 0 aliphatic carbocycles. The molecule has 0 saturated heterocycles. The Bertz CT molecular complexity index is 1250. The second-order valence-electron chi connectivity index (χ2n) is 7.12. The Morgan fingerprint density at radius 2 is 1.48 bits per heavy atom. The van der Waals surface area contributed by atoms with Gasteiger partial charge in [-0.25, -0.2) is 0 Å². The van der Waals surface area contributed by atoms with E-state index in [1.165, 1.54) is 0 Å². The average Bonchev–Trinajstić information content (AvgIpc) is 2.82. The van der Waals surface area contributed by atoms with E-state index >= 15 is 0 Å². The van der Waals surface area contributed by atoms with Crippen LogP contribution in [0.4, 0.5) is 17.1 Å². The first-order chi connectivity index (χ1) is 15.2. The van der Waals surface area contributed by atoms with Crippen LogP contribution in [-0.2, 0) is 0 Å². The van der Waals surface area contributed by atoms with E-state index < -0.39 is 0 Å². The number of benzene rings is 4. The molecule has 0 radical (unpaired) electrons. The largest absolute Gasteiger partial charge is 0.557 e. The summed E-state index contributed by atoms with van der Waals surface area (Å²) in [5.74, 6) is 1.94. The second kappa shape index (κ2) is 7.81. The summed E-state index contributed by atoms with van der Waals surface area (Å²) in [5.41, 5.74) is 4.10. The number of nitriles is 1. The summed E-state index contributed by atoms with van der Waals surface area (Å²) < 4.78 is 11.8. The minimum atomic E-state index is 0.0487. The standard InChI is InChI=1S/C25H17BN2O3/c27-16-17-9-11-18(12-10-17)26-31-25-14-13-19(15-22(25)29)28-20-5-1-3-7-23(20)30-24-8-4-2-6-21(24)28/h1-15,26,29H. The molecule has 5 rings (SSSR count). The lowest BCUT2D eigenvalue weighted by molar-refractivity contribution is 0.444. The minimum Gasteiger partial charge on any atom is -0.557 e. The molecular formula is C25H17BN2O3. The number of phenols is 1. The van der Waals surface area contributed by atoms with Crippen molar-refractivity contribution in [3.63, 3.8) is 0 Å². The first-order valence-electron chi connectivity index (χ1n) is 9.84. The lowest BCUT2D eigenvalue weighted by Gasteiger charge is -2.32. The Balaban J connectivity index is 1.44. The highest BCUT2D eigenvalue weighted by Crippen LogP contribution is 2.50. The van der Waals surface area contributed by atoms with Crippen molar-refractivity contribution in [1.29, 1.82) is 5.26 Å². The number of rotatable bonds is 4. The molecule has 0 spiro atoms. The van der Waals surface area contributed by atoms with Gasteiger partial charge in [0, 0.05) is 6.07 Å². The molecule has 0 amide bonds. The van der Waals surface area contributed by atoms with Gasteiger partial charge in [0.1, 0.15) is 5.75 Å². The molecule has 31 heavy (non-hydrogen) atoms. The van der Waals surface area contributed by atoms with Crippen LogP contribution in [0.25, 0.3) is 0 Å². The minimum absolute atomic E-state index is 0.0487. The van der Waals surface area contributed by atoms with Gasteiger partial charge in [0.25, 0.3) is 0 Å². The van der Waals surface area contributed by atoms with Crippen molar-refractivity contribution in [1.82, 2.24) is 0 Å². The Morgan fingerprint density at radius 1 is 0.839 bits per heavy atom. The molecule has 1 N–H and O–H groups in total. The third-order valence-electron chi connectivity index (χ3n) is 5.11. The maximum Gasteiger partial charge on any atom is 0.374 e. The average molecular weight is 404 g/mol. The van der Waals surface area contributed by atoms with E-state index in [2.05, 4.69) is 11.0 Å². The summed E-state index contributed by atoms with van der Waals surface area (Å²) in [5, 5.41) is 19.6. The molecule has 0 bridgehead atoms. The second-order valence-corrected chi connectivity index (χ2v) is 7.12. The lowest BCUT2D eigenvalue weighted by Crippen LogP contribution is -2.20. The summed E-state index contributed by atoms with van der Waals surface area (Å²) in [6.45, 7) is 0. The smallest absolute Gasteiger partial charge is 0.374 e. The zero-order valence-electron chi connectivity index (χ0n) is 16.5. The van der Waals surface area contributed by atoms with Gasteiger partial charge in [-0.3, -0.25) is 0 Å². The van der Waals surface area contributed by atoms with Crippen LogP contribution in [0.3, 0.4) is 0 Å². The Morgan fingerprint density at radius 3 is 2.10 bits per heavy atom. The number of fused-ring (bicyclic) bond motifs is 2. The monoisotopic (exact) mass is 404 g/mol. The van der Waals surface area contributed by atoms with Gasteiger partial charge in [-0.15, -0.1) is 0 Å². The fourth-order valence-corrected chi connectivity index (χ4v) is 3.59. The first kappa shape index (κ1) is 18.7. The quantitative estimate of drug-likeness (QED) is 0.432. The number of hydrogen-bond acceptors (Lipinski definition) is 5. The van der Waals surface area contributed by atoms with Crippen LogP contribution >= 0.6 is 0 Å². The molecule has 148 valence electrons. The van der Waals surface area contributed by atoms with Crippen LogP contribution < -0.4 is 19.8 Å². The summed E-state index contributed by atoms with van der Waals surface area (Å²) >= 11 is 0. The van der Waals surface area contributed by atoms with E-state index in [1.807, 2.05) is 66.7 Å². The molecule has 4 aromatic carbocycles. The molecule has 0 aromatic heterocycles. The Kier molecular flexibility index (Phi) is 4.70. The maximum atomic E-state index is 10.7. The highest BCUT2D eigenvalue weighted by molar-refractivity contribution is 6.47. The zero-order chi connectivity index (χ0) is 21.2. The van der Waals surface area contributed by atoms with Crippen LogP contribution in [-0.4, -0.2) is 12.6 Å². The van der Waals surface area contributed by atoms with Crippen molar-refractivity contribution in [2.45, 2.75) is 0 Å². The van der Waals surface area contributed by atoms with Gasteiger partial charge in [0.15, 0.2) is 17.2 Å². The molecular weight excluding hydrogens is 387 g/mol. The van der Waals surface area contributed by atoms with Crippen molar-refractivity contribution in [3.8, 4) is 29.1 Å². The molecule has 4 aromatic rings. The van der Waals surface area contributed by atoms with Crippen LogP contribution in [0, 0.1) is 11.3 Å². The Hall–Kier alpha value is -4.37. The number of anilines is 3. The van der Waals surface area contributed by atoms with Crippen molar-refractivity contribution in [3.05, 3.63) is 96.6 Å². The van der Waals surface area contributed by atoms with Crippen LogP contribution in [0.1, 0.15) is 5.56 Å². The SMILES string of the molecule is N#Cc1ccc(BOc2ccc(N3c4ccccc4Oc4ccccc43)cc2O)cc1. The predicted molar refractivity (Wildman–Crippen MR) is 121 cm³/mol. The van der Waals surface area contributed by atoms with E-state index in [1.54, 1.807) is 24.3 Å². The first-order valence-corrected chi connectivity index (χ1v) is 9.84. The normalized spacial score (nSPS) is 11.5. The topological polar surface area (TPSA) is 65.7 Å². The molecule has 1 heterocycles. The fraction of sp³-hybridized carbons (Fsp3) is 0. The molecule has 1 aliphatic heterocycles. The molecule has 0 fully saturated rings. The van der Waals surface area contributed by atoms with Gasteiger partial charge in [-0.1, -0.05) is 36.4 Å². The summed E-state index contributed by atoms with van der Waals surface area (Å²) in [6.07, 6.45) is 0. The van der Waals surface area contributed by atoms with Crippen LogP contribution in [0.15, 0.2) is 91.0 Å². The van der Waals surface area contributed by atoms with Crippen molar-refractivity contribution < 1.29 is 14.5 Å². The van der Waals surface area contributed by atoms with Crippen molar-refractivity contribution in [2.75, 3.05) is 4.90 Å². The van der Waals surface area contributed by atoms with Gasteiger partial charge in [-0.05, 0) is 54.0 Å². The lowest BCUT2D eigenvalue weighted by atomic mass is 9.87. The molecule has 0 unspecified atom stereocenters. The highest BCUT2D eigenvalue weighted by Gasteiger charge is 2.25. The number of ether oxygens (including phenoxy) is 1. The van der Waals surface area contributed by atoms with Gasteiger partial charge in [0.05, 0.1) is 28.7 Å². The summed E-state index contributed by atoms with van der Waals surface area (Å²) in [4.78, 5) is 2.05. The molecule has 0 atom stereocenters. The van der Waals surface area contributed by atoms with Crippen molar-refractivity contribution in [2.24, 2.45) is 0 Å². The van der Waals surface area contributed by atoms with Gasteiger partial charge >= 0.3 is 7.48 Å². The maximum absolute atomic E-state index is 10.7. The van der Waals surface area contributed by atoms with Gasteiger partial charge in [0.2, 0.25) is 0 Å². The van der Waals surface area contributed by atoms with Crippen LogP contribution in [0.2, 0.25) is 0 Å². The van der Waals surface area contributed by atoms with Crippen molar-refractivity contribution >= 4 is 30.0 Å². The number of phenolic OH excluding ortho intramolecular Hbond substituents is 1. The van der Waals surface area contributed by atoms with E-state index in [0.29, 0.717) is 18.8 Å². The summed E-state index contributed by atoms with van der Waals surface area (Å²) in [6, 6.07) is 30.2. The molecule has 0 saturated carbocycles. The van der Waals surface area contributed by atoms with Crippen LogP contribution in [0.5, 0.6) is 23.0 Å². The highest BCUT2D eigenvalue weighted by atomic mass is 16.5. The number of nitrogens with zero attached hydrogens (tertiary/aromatic N) is 2. The molecule has 6 heteroatoms. The zero-order valence-corrected chi connectivity index (χ0v) is 16.5. The number of para-hydroxylation sites is 4.